The fraction of sp³-hybridized carbons (Fsp3) is 0.250. The molecule has 0 bridgehead atoms. The molecule has 0 saturated carbocycles. The molecule has 0 amide bonds. The molecule has 1 saturated heterocycles. The van der Waals surface area contributed by atoms with Gasteiger partial charge in [-0.25, -0.2) is 4.40 Å². The highest BCUT2D eigenvalue weighted by Gasteiger charge is 2.22. The highest BCUT2D eigenvalue weighted by molar-refractivity contribution is 9.10. The van der Waals surface area contributed by atoms with E-state index in [0.717, 1.165) is 34.6 Å². The first-order chi connectivity index (χ1) is 13.7. The van der Waals surface area contributed by atoms with Crippen molar-refractivity contribution < 1.29 is 4.74 Å². The number of halogens is 1. The van der Waals surface area contributed by atoms with Gasteiger partial charge in [-0.3, -0.25) is 9.36 Å². The number of aromatic nitrogens is 4. The zero-order valence-corrected chi connectivity index (χ0v) is 16.7. The normalized spacial score (nSPS) is 14.8. The topological polar surface area (TPSA) is 64.7 Å². The summed E-state index contributed by atoms with van der Waals surface area (Å²) in [6, 6.07) is 15.7. The van der Waals surface area contributed by atoms with E-state index in [2.05, 4.69) is 31.0 Å². The molecule has 2 aromatic heterocycles. The van der Waals surface area contributed by atoms with E-state index in [1.807, 2.05) is 52.9 Å². The number of hydrogen-bond acceptors (Lipinski definition) is 5. The van der Waals surface area contributed by atoms with Crippen LogP contribution in [-0.2, 0) is 11.3 Å². The number of fused-ring (bicyclic) bond motifs is 3. The summed E-state index contributed by atoms with van der Waals surface area (Å²) in [6.45, 7) is 3.24. The zero-order chi connectivity index (χ0) is 19.1. The van der Waals surface area contributed by atoms with Crippen molar-refractivity contribution in [1.29, 1.82) is 0 Å². The van der Waals surface area contributed by atoms with Gasteiger partial charge in [-0.1, -0.05) is 46.3 Å². The van der Waals surface area contributed by atoms with Crippen molar-refractivity contribution in [2.24, 2.45) is 0 Å². The maximum atomic E-state index is 13.3. The van der Waals surface area contributed by atoms with Crippen LogP contribution in [0, 0.1) is 0 Å². The van der Waals surface area contributed by atoms with Crippen LogP contribution >= 0.6 is 15.9 Å². The molecule has 1 fully saturated rings. The van der Waals surface area contributed by atoms with E-state index in [1.54, 1.807) is 4.57 Å². The fourth-order valence-electron chi connectivity index (χ4n) is 3.65. The first kappa shape index (κ1) is 17.4. The van der Waals surface area contributed by atoms with Crippen molar-refractivity contribution in [2.45, 2.75) is 6.54 Å². The van der Waals surface area contributed by atoms with Crippen molar-refractivity contribution in [2.75, 3.05) is 31.2 Å². The Kier molecular flexibility index (Phi) is 4.37. The monoisotopic (exact) mass is 439 g/mol. The molecule has 0 radical (unpaired) electrons. The second-order valence-electron chi connectivity index (χ2n) is 6.77. The average Bonchev–Trinajstić information content (AvgIpc) is 3.17. The summed E-state index contributed by atoms with van der Waals surface area (Å²) in [5, 5.41) is 9.48. The number of hydrogen-bond donors (Lipinski definition) is 0. The van der Waals surface area contributed by atoms with E-state index >= 15 is 0 Å². The van der Waals surface area contributed by atoms with Gasteiger partial charge >= 0.3 is 0 Å². The van der Waals surface area contributed by atoms with Crippen LogP contribution in [0.5, 0.6) is 0 Å². The highest BCUT2D eigenvalue weighted by Crippen LogP contribution is 2.23. The second kappa shape index (κ2) is 7.03. The van der Waals surface area contributed by atoms with Crippen LogP contribution in [0.3, 0.4) is 0 Å². The van der Waals surface area contributed by atoms with Gasteiger partial charge in [0.2, 0.25) is 11.7 Å². The average molecular weight is 440 g/mol. The minimum atomic E-state index is -0.0754. The summed E-state index contributed by atoms with van der Waals surface area (Å²) < 4.78 is 10.0. The van der Waals surface area contributed by atoms with Crippen LogP contribution < -0.4 is 10.5 Å². The molecular weight excluding hydrogens is 422 g/mol. The number of anilines is 1. The molecule has 0 aliphatic carbocycles. The van der Waals surface area contributed by atoms with Crippen molar-refractivity contribution >= 4 is 38.6 Å². The molecule has 28 heavy (non-hydrogen) atoms. The molecule has 1 aliphatic heterocycles. The number of nitrogens with zero attached hydrogens (tertiary/aromatic N) is 5. The Bertz CT molecular complexity index is 1210. The Balaban J connectivity index is 1.79. The van der Waals surface area contributed by atoms with E-state index in [-0.39, 0.29) is 5.56 Å². The minimum absolute atomic E-state index is 0.0754. The third-order valence-corrected chi connectivity index (χ3v) is 5.52. The smallest absolute Gasteiger partial charge is 0.263 e. The molecule has 7 nitrogen and oxygen atoms in total. The summed E-state index contributed by atoms with van der Waals surface area (Å²) >= 11 is 3.49. The molecule has 2 aromatic carbocycles. The van der Waals surface area contributed by atoms with Gasteiger partial charge in [0.15, 0.2) is 0 Å². The lowest BCUT2D eigenvalue weighted by Gasteiger charge is -2.27. The number of ether oxygens (including phenoxy) is 1. The van der Waals surface area contributed by atoms with Crippen LogP contribution in [0.1, 0.15) is 5.56 Å². The van der Waals surface area contributed by atoms with Gasteiger partial charge in [-0.2, -0.15) is 0 Å². The lowest BCUT2D eigenvalue weighted by atomic mass is 10.2. The molecule has 3 heterocycles. The van der Waals surface area contributed by atoms with Gasteiger partial charge in [-0.05, 0) is 23.8 Å². The van der Waals surface area contributed by atoms with Gasteiger partial charge in [0, 0.05) is 17.6 Å². The van der Waals surface area contributed by atoms with Gasteiger partial charge in [-0.15, -0.1) is 10.2 Å². The van der Waals surface area contributed by atoms with Crippen molar-refractivity contribution in [3.63, 3.8) is 0 Å². The van der Waals surface area contributed by atoms with E-state index in [0.29, 0.717) is 30.9 Å². The van der Waals surface area contributed by atoms with Gasteiger partial charge < -0.3 is 9.64 Å². The number of morpholine rings is 1. The predicted octanol–water partition coefficient (Wildman–Crippen LogP) is 2.69. The fourth-order valence-corrected chi connectivity index (χ4v) is 4.01. The Morgan fingerprint density at radius 1 is 1.04 bits per heavy atom. The minimum Gasteiger partial charge on any atom is -0.378 e. The third-order valence-electron chi connectivity index (χ3n) is 5.02. The van der Waals surface area contributed by atoms with E-state index in [1.165, 1.54) is 0 Å². The molecular formula is C20H18BrN5O2. The maximum Gasteiger partial charge on any atom is 0.263 e. The van der Waals surface area contributed by atoms with Gasteiger partial charge in [0.25, 0.3) is 5.56 Å². The number of rotatable bonds is 3. The lowest BCUT2D eigenvalue weighted by molar-refractivity contribution is 0.122. The molecule has 142 valence electrons. The third kappa shape index (κ3) is 2.89. The molecule has 8 heteroatoms. The Hall–Kier alpha value is -2.71. The lowest BCUT2D eigenvalue weighted by Crippen LogP contribution is -2.37. The van der Waals surface area contributed by atoms with Crippen molar-refractivity contribution in [3.8, 4) is 0 Å². The molecule has 0 N–H and O–H groups in total. The first-order valence-corrected chi connectivity index (χ1v) is 9.95. The number of benzene rings is 2. The zero-order valence-electron chi connectivity index (χ0n) is 15.1. The van der Waals surface area contributed by atoms with Crippen molar-refractivity contribution in [3.05, 3.63) is 68.9 Å². The van der Waals surface area contributed by atoms with E-state index < -0.39 is 0 Å². The standard InChI is InChI=1S/C20H18BrN5O2/c21-15-6-7-17-16(12-15)18(27)25(13-14-4-2-1-3-5-14)20-23-22-19(26(17)20)24-8-10-28-11-9-24/h1-7,12H,8-11,13H2. The van der Waals surface area contributed by atoms with Crippen LogP contribution in [0.25, 0.3) is 16.7 Å². The van der Waals surface area contributed by atoms with Crippen LogP contribution in [0.15, 0.2) is 57.8 Å². The largest absolute Gasteiger partial charge is 0.378 e. The van der Waals surface area contributed by atoms with Gasteiger partial charge in [0.05, 0.1) is 30.7 Å². The van der Waals surface area contributed by atoms with Crippen LogP contribution in [0.2, 0.25) is 0 Å². The predicted molar refractivity (Wildman–Crippen MR) is 111 cm³/mol. The second-order valence-corrected chi connectivity index (χ2v) is 7.69. The first-order valence-electron chi connectivity index (χ1n) is 9.16. The molecule has 1 aliphatic rings. The summed E-state index contributed by atoms with van der Waals surface area (Å²) in [5.41, 5.74) is 1.77. The van der Waals surface area contributed by atoms with E-state index in [4.69, 9.17) is 4.74 Å². The Morgan fingerprint density at radius 2 is 1.82 bits per heavy atom. The highest BCUT2D eigenvalue weighted by atomic mass is 79.9. The van der Waals surface area contributed by atoms with Crippen LogP contribution in [-0.4, -0.2) is 45.5 Å². The quantitative estimate of drug-likeness (QED) is 0.490. The summed E-state index contributed by atoms with van der Waals surface area (Å²) in [6.07, 6.45) is 0. The Morgan fingerprint density at radius 3 is 2.61 bits per heavy atom. The Labute approximate surface area is 169 Å². The molecule has 5 rings (SSSR count). The summed E-state index contributed by atoms with van der Waals surface area (Å²) in [5.74, 6) is 1.29. The van der Waals surface area contributed by atoms with Crippen molar-refractivity contribution in [1.82, 2.24) is 19.2 Å². The molecule has 0 spiro atoms. The SMILES string of the molecule is O=c1c2cc(Br)ccc2n2c(N3CCOCC3)nnc2n1Cc1ccccc1. The summed E-state index contributed by atoms with van der Waals surface area (Å²) in [4.78, 5) is 15.5. The van der Waals surface area contributed by atoms with Crippen LogP contribution in [0.4, 0.5) is 5.95 Å². The molecule has 0 atom stereocenters. The van der Waals surface area contributed by atoms with Gasteiger partial charge in [0.1, 0.15) is 0 Å². The summed E-state index contributed by atoms with van der Waals surface area (Å²) in [7, 11) is 0. The molecule has 0 unspecified atom stereocenters. The molecule has 4 aromatic rings. The van der Waals surface area contributed by atoms with E-state index in [9.17, 15) is 4.79 Å². The maximum absolute atomic E-state index is 13.3.